The van der Waals surface area contributed by atoms with Crippen LogP contribution in [0, 0.1) is 6.92 Å². The summed E-state index contributed by atoms with van der Waals surface area (Å²) in [5.41, 5.74) is 1.67. The highest BCUT2D eigenvalue weighted by Crippen LogP contribution is 2.18. The molecular weight excluding hydrogens is 276 g/mol. The largest absolute Gasteiger partial charge is 0.481 e. The van der Waals surface area contributed by atoms with Crippen LogP contribution in [0.15, 0.2) is 6.07 Å². The fourth-order valence-electron chi connectivity index (χ4n) is 2.09. The van der Waals surface area contributed by atoms with Gasteiger partial charge in [0, 0.05) is 13.7 Å². The van der Waals surface area contributed by atoms with Gasteiger partial charge in [-0.1, -0.05) is 0 Å². The molecule has 0 radical (unpaired) electrons. The normalized spacial score (nSPS) is 12.5. The Morgan fingerprint density at radius 2 is 2.24 bits per heavy atom. The molecule has 0 aliphatic carbocycles. The van der Waals surface area contributed by atoms with Gasteiger partial charge >= 0.3 is 5.97 Å². The number of aryl methyl sites for hydroxylation is 2. The molecular formula is C12H18N6O3. The highest BCUT2D eigenvalue weighted by molar-refractivity contribution is 5.67. The van der Waals surface area contributed by atoms with Crippen LogP contribution in [0.3, 0.4) is 0 Å². The van der Waals surface area contributed by atoms with E-state index < -0.39 is 12.1 Å². The van der Waals surface area contributed by atoms with E-state index in [9.17, 15) is 4.79 Å². The van der Waals surface area contributed by atoms with Crippen LogP contribution in [-0.2, 0) is 22.6 Å². The smallest absolute Gasteiger partial charge is 0.306 e. The molecule has 9 nitrogen and oxygen atoms in total. The molecule has 2 rings (SSSR count). The molecule has 1 N–H and O–H groups in total. The second kappa shape index (κ2) is 6.44. The van der Waals surface area contributed by atoms with E-state index in [1.807, 2.05) is 19.9 Å². The highest BCUT2D eigenvalue weighted by atomic mass is 16.5. The van der Waals surface area contributed by atoms with Crippen molar-refractivity contribution in [1.82, 2.24) is 30.0 Å². The van der Waals surface area contributed by atoms with Crippen LogP contribution in [0.4, 0.5) is 0 Å². The topological polar surface area (TPSA) is 108 Å². The van der Waals surface area contributed by atoms with Crippen LogP contribution < -0.4 is 0 Å². The molecule has 0 amide bonds. The lowest BCUT2D eigenvalue weighted by Crippen LogP contribution is -2.23. The summed E-state index contributed by atoms with van der Waals surface area (Å²) in [6.07, 6.45) is -0.606. The number of carbonyl (C=O) groups is 1. The van der Waals surface area contributed by atoms with Gasteiger partial charge in [0.15, 0.2) is 5.82 Å². The van der Waals surface area contributed by atoms with Crippen molar-refractivity contribution in [3.05, 3.63) is 11.8 Å². The van der Waals surface area contributed by atoms with E-state index in [-0.39, 0.29) is 13.0 Å². The SMILES string of the molecule is CCn1nc(C)cc1-c1nnnn1CC(CC(=O)O)OC. The van der Waals surface area contributed by atoms with Gasteiger partial charge in [0.05, 0.1) is 24.8 Å². The van der Waals surface area contributed by atoms with Crippen LogP contribution >= 0.6 is 0 Å². The number of carboxylic acids is 1. The predicted octanol–water partition coefficient (Wildman–Crippen LogP) is 0.355. The van der Waals surface area contributed by atoms with Crippen LogP contribution in [0.1, 0.15) is 19.0 Å². The van der Waals surface area contributed by atoms with Crippen LogP contribution in [0.5, 0.6) is 0 Å². The number of tetrazole rings is 1. The van der Waals surface area contributed by atoms with Crippen LogP contribution in [0.2, 0.25) is 0 Å². The van der Waals surface area contributed by atoms with Crippen LogP contribution in [-0.4, -0.2) is 54.3 Å². The molecule has 2 heterocycles. The summed E-state index contributed by atoms with van der Waals surface area (Å²) >= 11 is 0. The number of ether oxygens (including phenoxy) is 1. The second-order valence-corrected chi connectivity index (χ2v) is 4.63. The van der Waals surface area contributed by atoms with Gasteiger partial charge in [-0.05, 0) is 30.3 Å². The zero-order valence-electron chi connectivity index (χ0n) is 12.2. The summed E-state index contributed by atoms with van der Waals surface area (Å²) in [5, 5.41) is 24.8. The van der Waals surface area contributed by atoms with Gasteiger partial charge in [0.2, 0.25) is 0 Å². The van der Waals surface area contributed by atoms with Gasteiger partial charge in [0.1, 0.15) is 5.69 Å². The number of methoxy groups -OCH3 is 1. The number of rotatable bonds is 7. The summed E-state index contributed by atoms with van der Waals surface area (Å²) in [6.45, 7) is 4.83. The molecule has 0 aliphatic heterocycles. The molecule has 1 atom stereocenters. The lowest BCUT2D eigenvalue weighted by atomic mass is 10.2. The van der Waals surface area contributed by atoms with E-state index in [0.717, 1.165) is 11.4 Å². The molecule has 0 saturated heterocycles. The molecule has 9 heteroatoms. The predicted molar refractivity (Wildman–Crippen MR) is 72.5 cm³/mol. The first kappa shape index (κ1) is 15.1. The summed E-state index contributed by atoms with van der Waals surface area (Å²) in [5.74, 6) is -0.379. The molecule has 0 aliphatic rings. The van der Waals surface area contributed by atoms with Crippen molar-refractivity contribution in [1.29, 1.82) is 0 Å². The summed E-state index contributed by atoms with van der Waals surface area (Å²) < 4.78 is 8.51. The lowest BCUT2D eigenvalue weighted by molar-refractivity contribution is -0.140. The van der Waals surface area contributed by atoms with E-state index in [4.69, 9.17) is 9.84 Å². The summed E-state index contributed by atoms with van der Waals surface area (Å²) in [6, 6.07) is 1.89. The average molecular weight is 294 g/mol. The summed E-state index contributed by atoms with van der Waals surface area (Å²) in [7, 11) is 1.47. The van der Waals surface area contributed by atoms with Gasteiger partial charge in [-0.3, -0.25) is 9.48 Å². The molecule has 0 fully saturated rings. The molecule has 2 aromatic heterocycles. The van der Waals surface area contributed by atoms with Crippen molar-refractivity contribution in [2.45, 2.75) is 39.5 Å². The molecule has 0 aromatic carbocycles. The van der Waals surface area contributed by atoms with E-state index in [2.05, 4.69) is 20.6 Å². The maximum Gasteiger partial charge on any atom is 0.306 e. The average Bonchev–Trinajstić information content (AvgIpc) is 3.03. The Balaban J connectivity index is 2.27. The van der Waals surface area contributed by atoms with Gasteiger partial charge in [-0.25, -0.2) is 4.68 Å². The Hall–Kier alpha value is -2.29. The third-order valence-electron chi connectivity index (χ3n) is 3.07. The molecule has 21 heavy (non-hydrogen) atoms. The monoisotopic (exact) mass is 294 g/mol. The first-order chi connectivity index (χ1) is 10.0. The summed E-state index contributed by atoms with van der Waals surface area (Å²) in [4.78, 5) is 10.8. The number of hydrogen-bond donors (Lipinski definition) is 1. The fourth-order valence-corrected chi connectivity index (χ4v) is 2.09. The third-order valence-corrected chi connectivity index (χ3v) is 3.07. The molecule has 0 spiro atoms. The van der Waals surface area contributed by atoms with E-state index >= 15 is 0 Å². The lowest BCUT2D eigenvalue weighted by Gasteiger charge is -2.13. The Labute approximate surface area is 121 Å². The Morgan fingerprint density at radius 1 is 1.48 bits per heavy atom. The Morgan fingerprint density at radius 3 is 2.86 bits per heavy atom. The minimum atomic E-state index is -0.925. The van der Waals surface area contributed by atoms with Gasteiger partial charge < -0.3 is 9.84 Å². The minimum absolute atomic E-state index is 0.109. The quantitative estimate of drug-likeness (QED) is 0.785. The highest BCUT2D eigenvalue weighted by Gasteiger charge is 2.19. The number of aliphatic carboxylic acids is 1. The van der Waals surface area contributed by atoms with Gasteiger partial charge in [-0.15, -0.1) is 5.10 Å². The van der Waals surface area contributed by atoms with Crippen LogP contribution in [0.25, 0.3) is 11.5 Å². The first-order valence-electron chi connectivity index (χ1n) is 6.60. The number of hydrogen-bond acceptors (Lipinski definition) is 6. The number of carboxylic acid groups (broad SMARTS) is 1. The van der Waals surface area contributed by atoms with Gasteiger partial charge in [0.25, 0.3) is 0 Å². The number of nitrogens with zero attached hydrogens (tertiary/aromatic N) is 6. The van der Waals surface area contributed by atoms with Crippen molar-refractivity contribution < 1.29 is 14.6 Å². The second-order valence-electron chi connectivity index (χ2n) is 4.63. The third kappa shape index (κ3) is 3.43. The minimum Gasteiger partial charge on any atom is -0.481 e. The van der Waals surface area contributed by atoms with E-state index in [0.29, 0.717) is 12.4 Å². The molecule has 2 aromatic rings. The number of aromatic nitrogens is 6. The molecule has 0 bridgehead atoms. The van der Waals surface area contributed by atoms with Crippen molar-refractivity contribution in [3.63, 3.8) is 0 Å². The van der Waals surface area contributed by atoms with Gasteiger partial charge in [-0.2, -0.15) is 5.10 Å². The fraction of sp³-hybridized carbons (Fsp3) is 0.583. The van der Waals surface area contributed by atoms with E-state index in [1.54, 1.807) is 9.36 Å². The zero-order chi connectivity index (χ0) is 15.4. The molecule has 114 valence electrons. The van der Waals surface area contributed by atoms with Crippen molar-refractivity contribution in [3.8, 4) is 11.5 Å². The Bertz CT molecular complexity index is 620. The van der Waals surface area contributed by atoms with Crippen molar-refractivity contribution >= 4 is 5.97 Å². The maximum atomic E-state index is 10.8. The maximum absolute atomic E-state index is 10.8. The van der Waals surface area contributed by atoms with Crippen molar-refractivity contribution in [2.24, 2.45) is 0 Å². The molecule has 1 unspecified atom stereocenters. The first-order valence-corrected chi connectivity index (χ1v) is 6.60. The Kier molecular flexibility index (Phi) is 4.63. The standard InChI is InChI=1S/C12H18N6O3/c1-4-17-10(5-8(2)14-17)12-13-15-16-18(12)7-9(21-3)6-11(19)20/h5,9H,4,6-7H2,1-3H3,(H,19,20). The molecule has 0 saturated carbocycles. The van der Waals surface area contributed by atoms with E-state index in [1.165, 1.54) is 7.11 Å². The van der Waals surface area contributed by atoms with Crippen molar-refractivity contribution in [2.75, 3.05) is 7.11 Å². The zero-order valence-corrected chi connectivity index (χ0v) is 12.2.